The van der Waals surface area contributed by atoms with Crippen molar-refractivity contribution in [3.63, 3.8) is 0 Å². The topological polar surface area (TPSA) is 49.4 Å². The molecule has 1 aromatic heterocycles. The molecule has 0 saturated carbocycles. The van der Waals surface area contributed by atoms with Crippen LogP contribution in [0.1, 0.15) is 41.6 Å². The Hall–Kier alpha value is -1.36. The van der Waals surface area contributed by atoms with Crippen molar-refractivity contribution >= 4 is 23.2 Å². The van der Waals surface area contributed by atoms with Gasteiger partial charge < -0.3 is 10.2 Å². The van der Waals surface area contributed by atoms with Crippen LogP contribution in [0.25, 0.3) is 0 Å². The van der Waals surface area contributed by atoms with Gasteiger partial charge in [-0.05, 0) is 31.9 Å². The number of amides is 2. The molecule has 0 unspecified atom stereocenters. The van der Waals surface area contributed by atoms with Crippen molar-refractivity contribution in [3.8, 4) is 0 Å². The van der Waals surface area contributed by atoms with Crippen LogP contribution in [0.4, 0.5) is 0 Å². The van der Waals surface area contributed by atoms with Gasteiger partial charge in [0.05, 0.1) is 12.0 Å². The Labute approximate surface area is 124 Å². The first kappa shape index (κ1) is 15.0. The zero-order valence-electron chi connectivity index (χ0n) is 12.5. The second kappa shape index (κ2) is 5.95. The Morgan fingerprint density at radius 3 is 2.80 bits per heavy atom. The monoisotopic (exact) mass is 294 g/mol. The van der Waals surface area contributed by atoms with Crippen LogP contribution in [-0.4, -0.2) is 30.3 Å². The van der Waals surface area contributed by atoms with E-state index >= 15 is 0 Å². The molecule has 2 rings (SSSR count). The molecule has 2 atom stereocenters. The number of hydrogen-bond acceptors (Lipinski definition) is 3. The number of carbonyl (C=O) groups excluding carboxylic acids is 2. The summed E-state index contributed by atoms with van der Waals surface area (Å²) in [6.45, 7) is 6.79. The fraction of sp³-hybridized carbons (Fsp3) is 0.600. The van der Waals surface area contributed by atoms with E-state index in [1.807, 2.05) is 6.92 Å². The quantitative estimate of drug-likeness (QED) is 0.926. The number of likely N-dealkylation sites (tertiary alicyclic amines) is 1. The van der Waals surface area contributed by atoms with Crippen LogP contribution in [0.15, 0.2) is 6.07 Å². The average molecular weight is 294 g/mol. The van der Waals surface area contributed by atoms with Gasteiger partial charge in [-0.25, -0.2) is 0 Å². The molecule has 2 amide bonds. The molecule has 0 aromatic carbocycles. The Bertz CT molecular complexity index is 524. The lowest BCUT2D eigenvalue weighted by atomic mass is 10.1. The Balaban J connectivity index is 1.98. The van der Waals surface area contributed by atoms with Gasteiger partial charge in [0, 0.05) is 29.8 Å². The zero-order valence-corrected chi connectivity index (χ0v) is 13.3. The van der Waals surface area contributed by atoms with Crippen molar-refractivity contribution in [2.24, 2.45) is 5.92 Å². The minimum Gasteiger partial charge on any atom is -0.348 e. The van der Waals surface area contributed by atoms with Crippen LogP contribution in [0.3, 0.4) is 0 Å². The first-order valence-electron chi connectivity index (χ1n) is 7.05. The highest BCUT2D eigenvalue weighted by molar-refractivity contribution is 7.12. The average Bonchev–Trinajstić information content (AvgIpc) is 2.93. The highest BCUT2D eigenvalue weighted by Gasteiger charge is 2.32. The van der Waals surface area contributed by atoms with Gasteiger partial charge in [0.2, 0.25) is 11.8 Å². The maximum Gasteiger partial charge on any atom is 0.225 e. The number of carbonyl (C=O) groups is 2. The molecule has 0 aliphatic carbocycles. The van der Waals surface area contributed by atoms with Gasteiger partial charge in [-0.15, -0.1) is 11.3 Å². The van der Waals surface area contributed by atoms with Crippen molar-refractivity contribution in [1.82, 2.24) is 10.2 Å². The maximum absolute atomic E-state index is 12.2. The van der Waals surface area contributed by atoms with Gasteiger partial charge in [-0.2, -0.15) is 0 Å². The number of hydrogen-bond donors (Lipinski definition) is 1. The molecule has 1 aliphatic heterocycles. The third-order valence-corrected chi connectivity index (χ3v) is 5.42. The van der Waals surface area contributed by atoms with Crippen LogP contribution >= 0.6 is 11.3 Å². The molecule has 0 bridgehead atoms. The highest BCUT2D eigenvalue weighted by atomic mass is 32.1. The van der Waals surface area contributed by atoms with Gasteiger partial charge >= 0.3 is 0 Å². The molecule has 4 nitrogen and oxygen atoms in total. The van der Waals surface area contributed by atoms with Crippen LogP contribution < -0.4 is 5.32 Å². The fourth-order valence-electron chi connectivity index (χ4n) is 2.55. The van der Waals surface area contributed by atoms with Gasteiger partial charge in [0.25, 0.3) is 0 Å². The van der Waals surface area contributed by atoms with Gasteiger partial charge in [-0.3, -0.25) is 9.59 Å². The summed E-state index contributed by atoms with van der Waals surface area (Å²) in [6.07, 6.45) is 1.36. The van der Waals surface area contributed by atoms with E-state index in [0.717, 1.165) is 6.42 Å². The predicted molar refractivity (Wildman–Crippen MR) is 80.7 cm³/mol. The largest absolute Gasteiger partial charge is 0.348 e. The van der Waals surface area contributed by atoms with Gasteiger partial charge in [0.1, 0.15) is 0 Å². The normalized spacial score (nSPS) is 20.3. The third-order valence-electron chi connectivity index (χ3n) is 3.86. The molecule has 1 saturated heterocycles. The standard InChI is InChI=1S/C15H22N2O2S/c1-5-12-9(2)6-13(20-12)10(3)16-15(19)11-7-14(18)17(4)8-11/h6,10-11H,5,7-8H2,1-4H3,(H,16,19)/t10-,11-/m1/s1. The van der Waals surface area contributed by atoms with E-state index in [2.05, 4.69) is 25.2 Å². The number of nitrogens with zero attached hydrogens (tertiary/aromatic N) is 1. The lowest BCUT2D eigenvalue weighted by Crippen LogP contribution is -2.33. The first-order chi connectivity index (χ1) is 9.42. The summed E-state index contributed by atoms with van der Waals surface area (Å²) < 4.78 is 0. The summed E-state index contributed by atoms with van der Waals surface area (Å²) in [6, 6.07) is 2.16. The molecule has 2 heterocycles. The number of nitrogens with one attached hydrogen (secondary N) is 1. The molecule has 20 heavy (non-hydrogen) atoms. The summed E-state index contributed by atoms with van der Waals surface area (Å²) in [5.74, 6) is -0.168. The van der Waals surface area contributed by atoms with E-state index < -0.39 is 0 Å². The van der Waals surface area contributed by atoms with E-state index in [1.165, 1.54) is 15.3 Å². The van der Waals surface area contributed by atoms with Crippen molar-refractivity contribution in [2.75, 3.05) is 13.6 Å². The van der Waals surface area contributed by atoms with Gasteiger partial charge in [-0.1, -0.05) is 6.92 Å². The van der Waals surface area contributed by atoms with Crippen molar-refractivity contribution in [2.45, 2.75) is 39.7 Å². The molecule has 1 aliphatic rings. The Morgan fingerprint density at radius 1 is 1.60 bits per heavy atom. The summed E-state index contributed by atoms with van der Waals surface area (Å²) in [5.41, 5.74) is 1.30. The van der Waals surface area contributed by atoms with E-state index in [0.29, 0.717) is 13.0 Å². The summed E-state index contributed by atoms with van der Waals surface area (Å²) in [5, 5.41) is 3.04. The number of rotatable bonds is 4. The molecular formula is C15H22N2O2S. The molecule has 0 radical (unpaired) electrons. The molecule has 5 heteroatoms. The summed E-state index contributed by atoms with van der Waals surface area (Å²) >= 11 is 1.76. The van der Waals surface area contributed by atoms with Crippen molar-refractivity contribution in [1.29, 1.82) is 0 Å². The Morgan fingerprint density at radius 2 is 2.30 bits per heavy atom. The van der Waals surface area contributed by atoms with E-state index in [-0.39, 0.29) is 23.8 Å². The number of aryl methyl sites for hydroxylation is 2. The molecule has 1 N–H and O–H groups in total. The van der Waals surface area contributed by atoms with Crippen LogP contribution in [0, 0.1) is 12.8 Å². The second-order valence-electron chi connectivity index (χ2n) is 5.51. The van der Waals surface area contributed by atoms with E-state index in [4.69, 9.17) is 0 Å². The van der Waals surface area contributed by atoms with Crippen molar-refractivity contribution < 1.29 is 9.59 Å². The van der Waals surface area contributed by atoms with E-state index in [9.17, 15) is 9.59 Å². The SMILES string of the molecule is CCc1sc([C@@H](C)NC(=O)[C@@H]2CC(=O)N(C)C2)cc1C. The zero-order chi connectivity index (χ0) is 14.9. The lowest BCUT2D eigenvalue weighted by Gasteiger charge is -2.15. The summed E-state index contributed by atoms with van der Waals surface area (Å²) in [4.78, 5) is 27.9. The van der Waals surface area contributed by atoms with Crippen molar-refractivity contribution in [3.05, 3.63) is 21.4 Å². The first-order valence-corrected chi connectivity index (χ1v) is 7.87. The van der Waals surface area contributed by atoms with Crippen LogP contribution in [0.5, 0.6) is 0 Å². The van der Waals surface area contributed by atoms with E-state index in [1.54, 1.807) is 23.3 Å². The van der Waals surface area contributed by atoms with Crippen LogP contribution in [0.2, 0.25) is 0 Å². The minimum atomic E-state index is -0.207. The fourth-order valence-corrected chi connectivity index (χ4v) is 3.67. The maximum atomic E-state index is 12.2. The van der Waals surface area contributed by atoms with Crippen LogP contribution in [-0.2, 0) is 16.0 Å². The predicted octanol–water partition coefficient (Wildman–Crippen LogP) is 2.27. The van der Waals surface area contributed by atoms with Gasteiger partial charge in [0.15, 0.2) is 0 Å². The molecular weight excluding hydrogens is 272 g/mol. The summed E-state index contributed by atoms with van der Waals surface area (Å²) in [7, 11) is 1.75. The third kappa shape index (κ3) is 3.03. The highest BCUT2D eigenvalue weighted by Crippen LogP contribution is 2.28. The Kier molecular flexibility index (Phi) is 4.48. The smallest absolute Gasteiger partial charge is 0.225 e. The number of thiophene rings is 1. The second-order valence-corrected chi connectivity index (χ2v) is 6.68. The molecule has 1 aromatic rings. The molecule has 0 spiro atoms. The molecule has 110 valence electrons. The molecule has 1 fully saturated rings. The lowest BCUT2D eigenvalue weighted by molar-refractivity contribution is -0.128. The minimum absolute atomic E-state index is 0.00695.